The fourth-order valence-electron chi connectivity index (χ4n) is 10.6. The predicted molar refractivity (Wildman–Crippen MR) is 264 cm³/mol. The normalized spacial score (nSPS) is 12.8. The van der Waals surface area contributed by atoms with Crippen molar-refractivity contribution in [3.05, 3.63) is 259 Å². The lowest BCUT2D eigenvalue weighted by atomic mass is 9.68. The molecule has 12 aromatic rings. The second-order valence-corrected chi connectivity index (χ2v) is 16.7. The summed E-state index contributed by atoms with van der Waals surface area (Å²) in [5.41, 5.74) is 18.0. The molecule has 0 N–H and O–H groups in total. The number of hydrogen-bond donors (Lipinski definition) is 0. The quantitative estimate of drug-likeness (QED) is 0.160. The van der Waals surface area contributed by atoms with Crippen LogP contribution in [0, 0.1) is 0 Å². The lowest BCUT2D eigenvalue weighted by Gasteiger charge is -2.34. The van der Waals surface area contributed by atoms with Crippen LogP contribution < -0.4 is 4.90 Å². The van der Waals surface area contributed by atoms with Crippen molar-refractivity contribution in [1.82, 2.24) is 0 Å². The van der Waals surface area contributed by atoms with Gasteiger partial charge in [0.1, 0.15) is 16.7 Å². The van der Waals surface area contributed by atoms with Gasteiger partial charge in [0.15, 0.2) is 5.58 Å². The van der Waals surface area contributed by atoms with Crippen molar-refractivity contribution in [2.45, 2.75) is 5.41 Å². The standard InChI is InChI=1S/C61H39NO2/c1-4-17-41(18-5-1)46-25-14-26-49-51-39-42(35-38-57(51)63-59(46)49)40-33-36-45(37-34-40)62(55-31-15-27-48-47-23-11-13-32-56(47)64-60(48)55)54-30-16-29-53-58(54)50-24-10-12-28-52(50)61(53,43-19-6-2-7-20-43)44-21-8-3-9-22-44/h1-39H. The number of benzene rings is 10. The summed E-state index contributed by atoms with van der Waals surface area (Å²) in [5.74, 6) is 0. The molecule has 0 atom stereocenters. The van der Waals surface area contributed by atoms with E-state index in [0.29, 0.717) is 0 Å². The molecule has 0 fully saturated rings. The van der Waals surface area contributed by atoms with Crippen LogP contribution in [0.3, 0.4) is 0 Å². The van der Waals surface area contributed by atoms with Gasteiger partial charge in [-0.25, -0.2) is 0 Å². The van der Waals surface area contributed by atoms with E-state index in [9.17, 15) is 0 Å². The van der Waals surface area contributed by atoms with Crippen molar-refractivity contribution in [3.63, 3.8) is 0 Å². The summed E-state index contributed by atoms with van der Waals surface area (Å²) in [6.45, 7) is 0. The van der Waals surface area contributed by atoms with Gasteiger partial charge in [-0.15, -0.1) is 0 Å². The first-order valence-corrected chi connectivity index (χ1v) is 21.9. The molecule has 13 rings (SSSR count). The Hall–Kier alpha value is -8.40. The maximum atomic E-state index is 6.82. The van der Waals surface area contributed by atoms with Crippen LogP contribution in [0.5, 0.6) is 0 Å². The fourth-order valence-corrected chi connectivity index (χ4v) is 10.6. The van der Waals surface area contributed by atoms with E-state index >= 15 is 0 Å². The highest BCUT2D eigenvalue weighted by molar-refractivity contribution is 6.12. The first-order chi connectivity index (χ1) is 31.8. The van der Waals surface area contributed by atoms with E-state index in [1.807, 2.05) is 12.1 Å². The second kappa shape index (κ2) is 14.3. The van der Waals surface area contributed by atoms with Crippen molar-refractivity contribution in [2.75, 3.05) is 4.90 Å². The largest absolute Gasteiger partial charge is 0.455 e. The van der Waals surface area contributed by atoms with E-state index in [4.69, 9.17) is 8.83 Å². The molecule has 3 nitrogen and oxygen atoms in total. The third kappa shape index (κ3) is 5.34. The topological polar surface area (TPSA) is 29.5 Å². The van der Waals surface area contributed by atoms with Crippen LogP contribution in [0.15, 0.2) is 245 Å². The molecule has 10 aromatic carbocycles. The monoisotopic (exact) mass is 817 g/mol. The summed E-state index contributed by atoms with van der Waals surface area (Å²) in [6, 6.07) is 85.1. The zero-order valence-corrected chi connectivity index (χ0v) is 34.8. The maximum Gasteiger partial charge on any atom is 0.159 e. The molecule has 300 valence electrons. The third-order valence-corrected chi connectivity index (χ3v) is 13.4. The smallest absolute Gasteiger partial charge is 0.159 e. The van der Waals surface area contributed by atoms with Gasteiger partial charge in [-0.1, -0.05) is 194 Å². The molecule has 0 amide bonds. The highest BCUT2D eigenvalue weighted by atomic mass is 16.3. The molecule has 0 bridgehead atoms. The molecular weight excluding hydrogens is 779 g/mol. The first kappa shape index (κ1) is 36.3. The molecule has 0 aliphatic heterocycles. The molecule has 0 saturated carbocycles. The molecule has 64 heavy (non-hydrogen) atoms. The minimum absolute atomic E-state index is 0.539. The zero-order valence-electron chi connectivity index (χ0n) is 34.8. The van der Waals surface area contributed by atoms with Crippen molar-refractivity contribution < 1.29 is 8.83 Å². The Bertz CT molecular complexity index is 3680. The zero-order chi connectivity index (χ0) is 42.2. The number of furan rings is 2. The molecule has 0 spiro atoms. The predicted octanol–water partition coefficient (Wildman–Crippen LogP) is 16.7. The first-order valence-electron chi connectivity index (χ1n) is 21.9. The van der Waals surface area contributed by atoms with Crippen molar-refractivity contribution >= 4 is 60.9 Å². The Morgan fingerprint density at radius 3 is 1.66 bits per heavy atom. The number of fused-ring (bicyclic) bond motifs is 9. The van der Waals surface area contributed by atoms with E-state index in [0.717, 1.165) is 83.2 Å². The molecule has 0 unspecified atom stereocenters. The van der Waals surface area contributed by atoms with E-state index in [-0.39, 0.29) is 0 Å². The van der Waals surface area contributed by atoms with Crippen LogP contribution in [0.1, 0.15) is 22.3 Å². The molecule has 0 saturated heterocycles. The Balaban J connectivity index is 1.02. The van der Waals surface area contributed by atoms with E-state index in [1.165, 1.54) is 33.4 Å². The highest BCUT2D eigenvalue weighted by Crippen LogP contribution is 2.60. The Kier molecular flexibility index (Phi) is 8.13. The van der Waals surface area contributed by atoms with E-state index < -0.39 is 5.41 Å². The number of anilines is 3. The second-order valence-electron chi connectivity index (χ2n) is 16.7. The summed E-state index contributed by atoms with van der Waals surface area (Å²) in [5, 5.41) is 4.40. The van der Waals surface area contributed by atoms with Crippen LogP contribution in [-0.4, -0.2) is 0 Å². The molecular formula is C61H39NO2. The fraction of sp³-hybridized carbons (Fsp3) is 0.0164. The van der Waals surface area contributed by atoms with Crippen molar-refractivity contribution in [2.24, 2.45) is 0 Å². The highest BCUT2D eigenvalue weighted by Gasteiger charge is 2.47. The maximum absolute atomic E-state index is 6.82. The summed E-state index contributed by atoms with van der Waals surface area (Å²) in [7, 11) is 0. The number of hydrogen-bond acceptors (Lipinski definition) is 3. The molecule has 2 aromatic heterocycles. The van der Waals surface area contributed by atoms with Gasteiger partial charge in [-0.3, -0.25) is 0 Å². The van der Waals surface area contributed by atoms with Crippen molar-refractivity contribution in [3.8, 4) is 33.4 Å². The van der Waals surface area contributed by atoms with Gasteiger partial charge in [-0.2, -0.15) is 0 Å². The van der Waals surface area contributed by atoms with Gasteiger partial charge in [0.25, 0.3) is 0 Å². The minimum atomic E-state index is -0.539. The Labute approximate surface area is 370 Å². The molecule has 3 heteroatoms. The van der Waals surface area contributed by atoms with Gasteiger partial charge < -0.3 is 13.7 Å². The molecule has 1 aliphatic rings. The van der Waals surface area contributed by atoms with Gasteiger partial charge in [0.2, 0.25) is 0 Å². The Morgan fingerprint density at radius 2 is 0.875 bits per heavy atom. The van der Waals surface area contributed by atoms with Gasteiger partial charge in [-0.05, 0) is 87.0 Å². The molecule has 1 aliphatic carbocycles. The van der Waals surface area contributed by atoms with Gasteiger partial charge in [0.05, 0.1) is 16.8 Å². The minimum Gasteiger partial charge on any atom is -0.455 e. The van der Waals surface area contributed by atoms with Gasteiger partial charge in [0, 0.05) is 38.4 Å². The van der Waals surface area contributed by atoms with Crippen LogP contribution in [0.25, 0.3) is 77.3 Å². The SMILES string of the molecule is c1ccc(-c2cccc3c2oc2ccc(-c4ccc(N(c5cccc6c5-c5ccccc5C6(c5ccccc5)c5ccccc5)c5cccc6c5oc5ccccc56)cc4)cc23)cc1. The summed E-state index contributed by atoms with van der Waals surface area (Å²) in [6.07, 6.45) is 0. The van der Waals surface area contributed by atoms with Crippen molar-refractivity contribution in [1.29, 1.82) is 0 Å². The lowest BCUT2D eigenvalue weighted by Crippen LogP contribution is -2.28. The Morgan fingerprint density at radius 1 is 0.328 bits per heavy atom. The summed E-state index contributed by atoms with van der Waals surface area (Å²) in [4.78, 5) is 2.41. The number of rotatable bonds is 7. The molecule has 2 heterocycles. The lowest BCUT2D eigenvalue weighted by molar-refractivity contribution is 0.669. The third-order valence-electron chi connectivity index (χ3n) is 13.4. The van der Waals surface area contributed by atoms with E-state index in [2.05, 4.69) is 229 Å². The van der Waals surface area contributed by atoms with Crippen LogP contribution in [-0.2, 0) is 5.41 Å². The summed E-state index contributed by atoms with van der Waals surface area (Å²) < 4.78 is 13.4. The van der Waals surface area contributed by atoms with Gasteiger partial charge >= 0.3 is 0 Å². The average molecular weight is 818 g/mol. The molecule has 0 radical (unpaired) electrons. The summed E-state index contributed by atoms with van der Waals surface area (Å²) >= 11 is 0. The van der Waals surface area contributed by atoms with E-state index in [1.54, 1.807) is 0 Å². The van der Waals surface area contributed by atoms with Crippen LogP contribution in [0.4, 0.5) is 17.1 Å². The average Bonchev–Trinajstić information content (AvgIpc) is 4.04. The van der Waals surface area contributed by atoms with Crippen LogP contribution >= 0.6 is 0 Å². The number of nitrogens with zero attached hydrogens (tertiary/aromatic N) is 1. The van der Waals surface area contributed by atoms with Crippen LogP contribution in [0.2, 0.25) is 0 Å². The number of para-hydroxylation sites is 3.